The first-order chi connectivity index (χ1) is 39.5. The molecule has 4 aliphatic carbocycles. The van der Waals surface area contributed by atoms with Crippen molar-refractivity contribution < 1.29 is 0 Å². The lowest BCUT2D eigenvalue weighted by molar-refractivity contribution is 0.143. The number of para-hydroxylation sites is 2. The summed E-state index contributed by atoms with van der Waals surface area (Å²) < 4.78 is 0. The van der Waals surface area contributed by atoms with Crippen LogP contribution >= 0.6 is 0 Å². The van der Waals surface area contributed by atoms with E-state index in [0.717, 1.165) is 0 Å². The van der Waals surface area contributed by atoms with Crippen LogP contribution in [0.5, 0.6) is 0 Å². The van der Waals surface area contributed by atoms with Crippen LogP contribution < -0.4 is 9.80 Å². The quantitative estimate of drug-likeness (QED) is 0.153. The van der Waals surface area contributed by atoms with Gasteiger partial charge in [0.25, 0.3) is 0 Å². The highest BCUT2D eigenvalue weighted by Crippen LogP contribution is 2.68. The highest BCUT2D eigenvalue weighted by molar-refractivity contribution is 6.27. The topological polar surface area (TPSA) is 6.48 Å². The van der Waals surface area contributed by atoms with Gasteiger partial charge in [-0.2, -0.15) is 0 Å². The molecule has 0 bridgehead atoms. The maximum Gasteiger partial charge on any atom is 0.0726 e. The van der Waals surface area contributed by atoms with E-state index in [0.29, 0.717) is 11.8 Å². The van der Waals surface area contributed by atoms with Gasteiger partial charge in [-0.3, -0.25) is 0 Å². The van der Waals surface area contributed by atoms with Gasteiger partial charge in [0.1, 0.15) is 0 Å². The van der Waals surface area contributed by atoms with Crippen molar-refractivity contribution in [3.63, 3.8) is 0 Å². The van der Waals surface area contributed by atoms with E-state index in [9.17, 15) is 0 Å². The molecule has 2 fully saturated rings. The SMILES string of the molecule is CCC1CCC2(C)N(c3ccccc3)c3ccc(-c4ccc5c(c4)C4(c6cc(-c7ccc8c(c7)C7(C)CC(CC)CCC7(C)N8c7ccccc7)ccc6-5)c5ccccc5-c5c4cc4ccc6cccc7ccc5c4c67)cc3C2(C)C1. The molecule has 396 valence electrons. The summed E-state index contributed by atoms with van der Waals surface area (Å²) in [6.07, 6.45) is 9.76. The lowest BCUT2D eigenvalue weighted by atomic mass is 9.58. The second-order valence-electron chi connectivity index (χ2n) is 26.5. The molecule has 2 heteroatoms. The highest BCUT2D eigenvalue weighted by atomic mass is 15.3. The third kappa shape index (κ3) is 5.99. The minimum Gasteiger partial charge on any atom is -0.334 e. The number of fused-ring (bicyclic) bond motifs is 17. The van der Waals surface area contributed by atoms with E-state index in [1.807, 2.05) is 0 Å². The van der Waals surface area contributed by atoms with E-state index in [4.69, 9.17) is 0 Å². The average Bonchev–Trinajstić information content (AvgIpc) is 2.75. The number of hydrogen-bond acceptors (Lipinski definition) is 2. The lowest BCUT2D eigenvalue weighted by Crippen LogP contribution is -2.56. The van der Waals surface area contributed by atoms with Crippen LogP contribution in [0.1, 0.15) is 126 Å². The van der Waals surface area contributed by atoms with Gasteiger partial charge in [-0.1, -0.05) is 180 Å². The average molecular weight is 1050 g/mol. The molecule has 6 aliphatic rings. The second kappa shape index (κ2) is 16.6. The highest BCUT2D eigenvalue weighted by Gasteiger charge is 2.61. The number of nitrogens with zero attached hydrogens (tertiary/aromatic N) is 2. The van der Waals surface area contributed by atoms with E-state index in [1.165, 1.54) is 184 Å². The molecule has 0 amide bonds. The van der Waals surface area contributed by atoms with Crippen molar-refractivity contribution >= 4 is 55.1 Å². The molecule has 1 spiro atoms. The fourth-order valence-electron chi connectivity index (χ4n) is 18.6. The molecule has 0 saturated heterocycles. The molecule has 11 aromatic carbocycles. The smallest absolute Gasteiger partial charge is 0.0726 e. The van der Waals surface area contributed by atoms with Crippen LogP contribution in [0.25, 0.3) is 76.8 Å². The van der Waals surface area contributed by atoms with Crippen LogP contribution in [-0.2, 0) is 16.2 Å². The van der Waals surface area contributed by atoms with Crippen LogP contribution in [0.15, 0.2) is 206 Å². The Hall–Kier alpha value is -7.94. The van der Waals surface area contributed by atoms with Crippen molar-refractivity contribution in [1.29, 1.82) is 0 Å². The number of hydrogen-bond donors (Lipinski definition) is 0. The number of rotatable bonds is 6. The Morgan fingerprint density at radius 3 is 1.38 bits per heavy atom. The number of benzene rings is 11. The molecule has 0 aromatic heterocycles. The molecular weight excluding hydrogens is 977 g/mol. The van der Waals surface area contributed by atoms with E-state index in [1.54, 1.807) is 0 Å². The summed E-state index contributed by atoms with van der Waals surface area (Å²) in [6, 6.07) is 81.2. The van der Waals surface area contributed by atoms with Crippen molar-refractivity contribution in [2.75, 3.05) is 9.80 Å². The Kier molecular flexibility index (Phi) is 9.80. The third-order valence-corrected chi connectivity index (χ3v) is 23.1. The molecule has 0 radical (unpaired) electrons. The van der Waals surface area contributed by atoms with E-state index in [-0.39, 0.29) is 21.9 Å². The van der Waals surface area contributed by atoms with Crippen molar-refractivity contribution in [1.82, 2.24) is 0 Å². The molecule has 2 nitrogen and oxygen atoms in total. The molecule has 81 heavy (non-hydrogen) atoms. The Bertz CT molecular complexity index is 4240. The van der Waals surface area contributed by atoms with Crippen molar-refractivity contribution in [2.45, 2.75) is 120 Å². The predicted molar refractivity (Wildman–Crippen MR) is 341 cm³/mol. The van der Waals surface area contributed by atoms with Gasteiger partial charge >= 0.3 is 0 Å². The summed E-state index contributed by atoms with van der Waals surface area (Å²) in [4.78, 5) is 5.45. The van der Waals surface area contributed by atoms with Crippen LogP contribution in [0.3, 0.4) is 0 Å². The zero-order valence-electron chi connectivity index (χ0n) is 47.8. The fourth-order valence-corrected chi connectivity index (χ4v) is 18.6. The van der Waals surface area contributed by atoms with Crippen LogP contribution in [-0.4, -0.2) is 11.1 Å². The molecule has 0 N–H and O–H groups in total. The van der Waals surface area contributed by atoms with Gasteiger partial charge in [-0.05, 0) is 241 Å². The first-order valence-electron chi connectivity index (χ1n) is 30.6. The summed E-state index contributed by atoms with van der Waals surface area (Å²) in [7, 11) is 0. The van der Waals surface area contributed by atoms with Gasteiger partial charge in [0.2, 0.25) is 0 Å². The minimum atomic E-state index is -0.570. The molecule has 2 saturated carbocycles. The predicted octanol–water partition coefficient (Wildman–Crippen LogP) is 21.0. The number of anilines is 4. The zero-order valence-corrected chi connectivity index (χ0v) is 47.8. The normalized spacial score (nSPS) is 26.4. The Labute approximate surface area is 478 Å². The van der Waals surface area contributed by atoms with Crippen molar-refractivity contribution in [2.24, 2.45) is 11.8 Å². The molecule has 11 aromatic rings. The zero-order chi connectivity index (χ0) is 54.4. The van der Waals surface area contributed by atoms with E-state index < -0.39 is 5.41 Å². The summed E-state index contributed by atoms with van der Waals surface area (Å²) in [5, 5.41) is 8.03. The molecule has 6 atom stereocenters. The van der Waals surface area contributed by atoms with E-state index in [2.05, 4.69) is 258 Å². The van der Waals surface area contributed by atoms with Gasteiger partial charge in [0.05, 0.1) is 16.5 Å². The largest absolute Gasteiger partial charge is 0.334 e. The first-order valence-corrected chi connectivity index (χ1v) is 30.6. The summed E-state index contributed by atoms with van der Waals surface area (Å²) in [5.41, 5.74) is 23.9. The molecule has 2 heterocycles. The maximum atomic E-state index is 2.73. The molecule has 17 rings (SSSR count). The van der Waals surface area contributed by atoms with E-state index >= 15 is 0 Å². The molecule has 2 aliphatic heterocycles. The van der Waals surface area contributed by atoms with Gasteiger partial charge in [-0.15, -0.1) is 0 Å². The van der Waals surface area contributed by atoms with Gasteiger partial charge < -0.3 is 9.80 Å². The molecular formula is C79H70N2. The Morgan fingerprint density at radius 2 is 0.852 bits per heavy atom. The minimum absolute atomic E-state index is 0.0108. The summed E-state index contributed by atoms with van der Waals surface area (Å²) in [6.45, 7) is 15.2. The standard InChI is InChI=1S/C79H70N2/c1-7-49-38-40-77(5)75(3,47-49)67-44-55(31-36-70(67)80(77)58-20-11-9-12-21-58)53-29-33-60-61-34-30-54(56-32-37-71-68(45-56)76(4)48-50(8-2)39-41-78(76,6)81(71)59-22-13-10-14-23-59)43-66(61)79(65(60)42-53)64-25-16-15-24-62(64)74-63-35-28-52-19-17-18-51-26-27-57(46-69(74)79)73(63)72(51)52/h9-37,42-46,49-50H,7-8,38-41,47-48H2,1-6H3. The lowest BCUT2D eigenvalue weighted by Gasteiger charge is -2.52. The van der Waals surface area contributed by atoms with Gasteiger partial charge in [0, 0.05) is 33.6 Å². The van der Waals surface area contributed by atoms with Crippen molar-refractivity contribution in [3.05, 3.63) is 240 Å². The summed E-state index contributed by atoms with van der Waals surface area (Å²) >= 11 is 0. The summed E-state index contributed by atoms with van der Waals surface area (Å²) in [5.74, 6) is 1.43. The van der Waals surface area contributed by atoms with Crippen molar-refractivity contribution in [3.8, 4) is 44.5 Å². The van der Waals surface area contributed by atoms with Crippen LogP contribution in [0.2, 0.25) is 0 Å². The third-order valence-electron chi connectivity index (χ3n) is 23.1. The maximum absolute atomic E-state index is 2.73. The van der Waals surface area contributed by atoms with Crippen LogP contribution in [0.4, 0.5) is 22.7 Å². The van der Waals surface area contributed by atoms with Gasteiger partial charge in [0.15, 0.2) is 0 Å². The monoisotopic (exact) mass is 1050 g/mol. The molecule has 6 unspecified atom stereocenters. The Morgan fingerprint density at radius 1 is 0.383 bits per heavy atom. The van der Waals surface area contributed by atoms with Gasteiger partial charge in [-0.25, -0.2) is 0 Å². The Balaban J connectivity index is 0.896. The fraction of sp³-hybridized carbons (Fsp3) is 0.266. The van der Waals surface area contributed by atoms with Crippen LogP contribution in [0, 0.1) is 11.8 Å². The first kappa shape index (κ1) is 47.8. The second-order valence-corrected chi connectivity index (χ2v) is 26.5.